The summed E-state index contributed by atoms with van der Waals surface area (Å²) in [6.45, 7) is 9.53. The number of rotatable bonds is 4. The molecular weight excluding hydrogens is 231 g/mol. The van der Waals surface area contributed by atoms with Crippen molar-refractivity contribution in [1.29, 1.82) is 0 Å². The summed E-state index contributed by atoms with van der Waals surface area (Å²) in [6.07, 6.45) is 0. The first-order chi connectivity index (χ1) is 8.24. The molecule has 2 N–H and O–H groups in total. The lowest BCUT2D eigenvalue weighted by Gasteiger charge is -2.29. The molecule has 0 bridgehead atoms. The predicted octanol–water partition coefficient (Wildman–Crippen LogP) is 3.29. The SMILES string of the molecule is CCOc1cc(N(C)CC(C)(C)C)c(N)cc1F. The Bertz CT molecular complexity index is 413. The number of benzene rings is 1. The summed E-state index contributed by atoms with van der Waals surface area (Å²) < 4.78 is 18.9. The van der Waals surface area contributed by atoms with E-state index in [1.54, 1.807) is 6.07 Å². The standard InChI is InChI=1S/C14H23FN2O/c1-6-18-13-8-12(11(16)7-10(13)15)17(5)9-14(2,3)4/h7-8H,6,9,16H2,1-5H3. The summed E-state index contributed by atoms with van der Waals surface area (Å²) in [5, 5.41) is 0. The summed E-state index contributed by atoms with van der Waals surface area (Å²) in [4.78, 5) is 2.03. The van der Waals surface area contributed by atoms with Crippen LogP contribution >= 0.6 is 0 Å². The van der Waals surface area contributed by atoms with Crippen LogP contribution in [0.25, 0.3) is 0 Å². The Hall–Kier alpha value is -1.45. The van der Waals surface area contributed by atoms with Crippen LogP contribution in [0.3, 0.4) is 0 Å². The second kappa shape index (κ2) is 5.46. The minimum Gasteiger partial charge on any atom is -0.491 e. The van der Waals surface area contributed by atoms with Crippen molar-refractivity contribution in [2.75, 3.05) is 30.8 Å². The molecule has 0 spiro atoms. The highest BCUT2D eigenvalue weighted by Gasteiger charge is 2.17. The molecule has 1 aromatic rings. The molecule has 102 valence electrons. The van der Waals surface area contributed by atoms with Crippen LogP contribution in [0.4, 0.5) is 15.8 Å². The Morgan fingerprint density at radius 1 is 1.33 bits per heavy atom. The highest BCUT2D eigenvalue weighted by atomic mass is 19.1. The number of hydrogen-bond donors (Lipinski definition) is 1. The molecule has 0 aliphatic carbocycles. The van der Waals surface area contributed by atoms with Gasteiger partial charge in [-0.25, -0.2) is 4.39 Å². The maximum absolute atomic E-state index is 13.6. The number of ether oxygens (including phenoxy) is 1. The van der Waals surface area contributed by atoms with Crippen molar-refractivity contribution in [1.82, 2.24) is 0 Å². The molecule has 4 heteroatoms. The van der Waals surface area contributed by atoms with Gasteiger partial charge in [-0.2, -0.15) is 0 Å². The number of nitrogens with zero attached hydrogens (tertiary/aromatic N) is 1. The summed E-state index contributed by atoms with van der Waals surface area (Å²) in [5.74, 6) is -0.162. The lowest BCUT2D eigenvalue weighted by Crippen LogP contribution is -2.29. The molecular formula is C14H23FN2O. The van der Waals surface area contributed by atoms with E-state index in [9.17, 15) is 4.39 Å². The Kier molecular flexibility index (Phi) is 4.43. The third kappa shape index (κ3) is 3.79. The first-order valence-corrected chi connectivity index (χ1v) is 6.17. The molecule has 3 nitrogen and oxygen atoms in total. The zero-order chi connectivity index (χ0) is 13.9. The molecule has 0 fully saturated rings. The van der Waals surface area contributed by atoms with Crippen LogP contribution in [0.2, 0.25) is 0 Å². The Morgan fingerprint density at radius 3 is 2.44 bits per heavy atom. The Balaban J connectivity index is 3.04. The molecule has 0 saturated carbocycles. The van der Waals surface area contributed by atoms with Gasteiger partial charge in [-0.3, -0.25) is 0 Å². The van der Waals surface area contributed by atoms with Gasteiger partial charge in [0.2, 0.25) is 0 Å². The third-order valence-corrected chi connectivity index (χ3v) is 2.50. The lowest BCUT2D eigenvalue weighted by molar-refractivity contribution is 0.321. The fourth-order valence-corrected chi connectivity index (χ4v) is 1.95. The van der Waals surface area contributed by atoms with Crippen molar-refractivity contribution in [2.45, 2.75) is 27.7 Å². The third-order valence-electron chi connectivity index (χ3n) is 2.50. The van der Waals surface area contributed by atoms with Crippen LogP contribution < -0.4 is 15.4 Å². The fraction of sp³-hybridized carbons (Fsp3) is 0.571. The van der Waals surface area contributed by atoms with Gasteiger partial charge in [0.15, 0.2) is 11.6 Å². The van der Waals surface area contributed by atoms with E-state index >= 15 is 0 Å². The zero-order valence-corrected chi connectivity index (χ0v) is 11.9. The van der Waals surface area contributed by atoms with Gasteiger partial charge in [0.25, 0.3) is 0 Å². The van der Waals surface area contributed by atoms with Crippen LogP contribution in [0.5, 0.6) is 5.75 Å². The first kappa shape index (κ1) is 14.6. The molecule has 0 aromatic heterocycles. The van der Waals surface area contributed by atoms with Gasteiger partial charge >= 0.3 is 0 Å². The number of hydrogen-bond acceptors (Lipinski definition) is 3. The van der Waals surface area contributed by atoms with Crippen molar-refractivity contribution >= 4 is 11.4 Å². The summed E-state index contributed by atoms with van der Waals surface area (Å²) in [5.41, 5.74) is 7.24. The average Bonchev–Trinajstić information content (AvgIpc) is 2.19. The minimum atomic E-state index is -0.415. The van der Waals surface area contributed by atoms with E-state index in [1.807, 2.05) is 18.9 Å². The molecule has 0 aliphatic heterocycles. The van der Waals surface area contributed by atoms with Crippen LogP contribution in [0.1, 0.15) is 27.7 Å². The van der Waals surface area contributed by atoms with E-state index in [4.69, 9.17) is 10.5 Å². The van der Waals surface area contributed by atoms with Gasteiger partial charge in [0, 0.05) is 25.7 Å². The fourth-order valence-electron chi connectivity index (χ4n) is 1.95. The van der Waals surface area contributed by atoms with Gasteiger partial charge in [0.1, 0.15) is 0 Å². The summed E-state index contributed by atoms with van der Waals surface area (Å²) in [7, 11) is 1.95. The van der Waals surface area contributed by atoms with Crippen LogP contribution in [0.15, 0.2) is 12.1 Å². The zero-order valence-electron chi connectivity index (χ0n) is 11.9. The normalized spacial score (nSPS) is 11.4. The molecule has 18 heavy (non-hydrogen) atoms. The smallest absolute Gasteiger partial charge is 0.167 e. The molecule has 0 saturated heterocycles. The molecule has 1 rings (SSSR count). The van der Waals surface area contributed by atoms with Crippen LogP contribution in [-0.4, -0.2) is 20.2 Å². The van der Waals surface area contributed by atoms with Gasteiger partial charge in [-0.15, -0.1) is 0 Å². The Morgan fingerprint density at radius 2 is 1.94 bits per heavy atom. The van der Waals surface area contributed by atoms with Crippen molar-refractivity contribution in [3.05, 3.63) is 17.9 Å². The number of anilines is 2. The second-order valence-corrected chi connectivity index (χ2v) is 5.69. The molecule has 0 atom stereocenters. The molecule has 0 unspecified atom stereocenters. The van der Waals surface area contributed by atoms with Crippen molar-refractivity contribution < 1.29 is 9.13 Å². The molecule has 0 radical (unpaired) electrons. The topological polar surface area (TPSA) is 38.5 Å². The number of nitrogen functional groups attached to an aromatic ring is 1. The van der Waals surface area contributed by atoms with E-state index in [1.165, 1.54) is 6.07 Å². The highest BCUT2D eigenvalue weighted by molar-refractivity contribution is 5.69. The first-order valence-electron chi connectivity index (χ1n) is 6.17. The van der Waals surface area contributed by atoms with Gasteiger partial charge in [-0.1, -0.05) is 20.8 Å². The van der Waals surface area contributed by atoms with E-state index < -0.39 is 5.82 Å². The molecule has 0 aliphatic rings. The van der Waals surface area contributed by atoms with E-state index in [-0.39, 0.29) is 11.2 Å². The number of nitrogens with two attached hydrogens (primary N) is 1. The van der Waals surface area contributed by atoms with E-state index in [2.05, 4.69) is 20.8 Å². The van der Waals surface area contributed by atoms with Crippen molar-refractivity contribution in [3.8, 4) is 5.75 Å². The molecule has 1 aromatic carbocycles. The van der Waals surface area contributed by atoms with Crippen LogP contribution in [0, 0.1) is 11.2 Å². The Labute approximate surface area is 109 Å². The van der Waals surface area contributed by atoms with E-state index in [0.29, 0.717) is 12.3 Å². The van der Waals surface area contributed by atoms with Gasteiger partial charge in [0.05, 0.1) is 18.0 Å². The monoisotopic (exact) mass is 254 g/mol. The average molecular weight is 254 g/mol. The largest absolute Gasteiger partial charge is 0.491 e. The van der Waals surface area contributed by atoms with Gasteiger partial charge in [-0.05, 0) is 12.3 Å². The van der Waals surface area contributed by atoms with Crippen LogP contribution in [-0.2, 0) is 0 Å². The van der Waals surface area contributed by atoms with Crippen molar-refractivity contribution in [3.63, 3.8) is 0 Å². The maximum Gasteiger partial charge on any atom is 0.167 e. The quantitative estimate of drug-likeness (QED) is 0.838. The molecule has 0 heterocycles. The lowest BCUT2D eigenvalue weighted by atomic mass is 9.96. The summed E-state index contributed by atoms with van der Waals surface area (Å²) in [6, 6.07) is 2.99. The minimum absolute atomic E-state index is 0.140. The second-order valence-electron chi connectivity index (χ2n) is 5.69. The summed E-state index contributed by atoms with van der Waals surface area (Å²) >= 11 is 0. The number of halogens is 1. The highest BCUT2D eigenvalue weighted by Crippen LogP contribution is 2.32. The van der Waals surface area contributed by atoms with Gasteiger partial charge < -0.3 is 15.4 Å². The molecule has 0 amide bonds. The predicted molar refractivity (Wildman–Crippen MR) is 74.7 cm³/mol. The van der Waals surface area contributed by atoms with E-state index in [0.717, 1.165) is 12.2 Å². The maximum atomic E-state index is 13.6. The van der Waals surface area contributed by atoms with Crippen molar-refractivity contribution in [2.24, 2.45) is 5.41 Å².